The fourth-order valence-corrected chi connectivity index (χ4v) is 2.78. The maximum absolute atomic E-state index is 12.8. The van der Waals surface area contributed by atoms with Gasteiger partial charge in [-0.3, -0.25) is 9.59 Å². The van der Waals surface area contributed by atoms with E-state index in [0.29, 0.717) is 22.1 Å². The molecular weight excluding hydrogens is 344 g/mol. The van der Waals surface area contributed by atoms with E-state index in [1.807, 2.05) is 0 Å². The van der Waals surface area contributed by atoms with E-state index in [1.165, 1.54) is 4.68 Å². The van der Waals surface area contributed by atoms with Crippen molar-refractivity contribution >= 4 is 29.1 Å². The van der Waals surface area contributed by atoms with Gasteiger partial charge < -0.3 is 4.74 Å². The van der Waals surface area contributed by atoms with Gasteiger partial charge in [0.05, 0.1) is 18.5 Å². The monoisotopic (exact) mass is 354 g/mol. The fraction of sp³-hybridized carbons (Fsp3) is 0.0588. The van der Waals surface area contributed by atoms with Crippen molar-refractivity contribution in [1.82, 2.24) is 15.0 Å². The number of hydrogen-bond donors (Lipinski definition) is 0. The van der Waals surface area contributed by atoms with E-state index in [2.05, 4.69) is 10.3 Å². The van der Waals surface area contributed by atoms with Gasteiger partial charge in [-0.25, -0.2) is 9.58 Å². The maximum Gasteiger partial charge on any atom is 0.288 e. The Hall–Kier alpha value is -3.19. The van der Waals surface area contributed by atoms with Gasteiger partial charge in [-0.05, 0) is 48.5 Å². The van der Waals surface area contributed by atoms with Gasteiger partial charge in [-0.15, -0.1) is 5.10 Å². The van der Waals surface area contributed by atoms with Gasteiger partial charge in [0.25, 0.3) is 11.8 Å². The van der Waals surface area contributed by atoms with Crippen molar-refractivity contribution in [2.45, 2.75) is 0 Å². The number of fused-ring (bicyclic) bond motifs is 1. The summed E-state index contributed by atoms with van der Waals surface area (Å²) in [7, 11) is 1.54. The number of rotatable bonds is 3. The number of halogens is 1. The molecule has 2 aromatic carbocycles. The first kappa shape index (κ1) is 15.3. The highest BCUT2D eigenvalue weighted by atomic mass is 35.5. The zero-order valence-electron chi connectivity index (χ0n) is 13.0. The summed E-state index contributed by atoms with van der Waals surface area (Å²) >= 11 is 5.89. The lowest BCUT2D eigenvalue weighted by atomic mass is 10.2. The average molecular weight is 355 g/mol. The molecule has 0 spiro atoms. The van der Waals surface area contributed by atoms with Gasteiger partial charge in [-0.2, -0.15) is 0 Å². The van der Waals surface area contributed by atoms with Crippen LogP contribution in [0.3, 0.4) is 0 Å². The molecule has 25 heavy (non-hydrogen) atoms. The second-order valence-electron chi connectivity index (χ2n) is 5.32. The molecule has 0 atom stereocenters. The molecule has 7 nitrogen and oxygen atoms in total. The standard InChI is InChI=1S/C17H11ClN4O3/c1-25-13-8-6-11(7-9-13)21-16(23)14-15(17(21)24)22(20-19-14)12-4-2-10(18)3-5-12/h2-9H,1H3. The number of amides is 2. The van der Waals surface area contributed by atoms with Crippen molar-refractivity contribution in [2.24, 2.45) is 0 Å². The molecule has 2 heterocycles. The van der Waals surface area contributed by atoms with Crippen LogP contribution in [0.15, 0.2) is 48.5 Å². The first-order valence-electron chi connectivity index (χ1n) is 7.34. The minimum Gasteiger partial charge on any atom is -0.497 e. The van der Waals surface area contributed by atoms with Crippen LogP contribution in [0.2, 0.25) is 5.02 Å². The molecule has 0 bridgehead atoms. The van der Waals surface area contributed by atoms with E-state index in [9.17, 15) is 9.59 Å². The Morgan fingerprint density at radius 1 is 0.920 bits per heavy atom. The molecule has 2 amide bonds. The van der Waals surface area contributed by atoms with Crippen LogP contribution in [0.25, 0.3) is 5.69 Å². The molecule has 0 saturated heterocycles. The topological polar surface area (TPSA) is 77.3 Å². The number of carbonyl (C=O) groups is 2. The van der Waals surface area contributed by atoms with Gasteiger partial charge >= 0.3 is 0 Å². The van der Waals surface area contributed by atoms with Crippen LogP contribution >= 0.6 is 11.6 Å². The second-order valence-corrected chi connectivity index (χ2v) is 5.76. The van der Waals surface area contributed by atoms with Crippen LogP contribution in [-0.4, -0.2) is 33.9 Å². The van der Waals surface area contributed by atoms with Gasteiger partial charge in [0.15, 0.2) is 11.4 Å². The molecule has 0 saturated carbocycles. The summed E-state index contributed by atoms with van der Waals surface area (Å²) in [6.45, 7) is 0. The third-order valence-corrected chi connectivity index (χ3v) is 4.14. The predicted molar refractivity (Wildman–Crippen MR) is 90.5 cm³/mol. The second kappa shape index (κ2) is 5.71. The number of nitrogens with zero attached hydrogens (tertiary/aromatic N) is 4. The number of benzene rings is 2. The molecule has 4 rings (SSSR count). The first-order chi connectivity index (χ1) is 12.1. The number of carbonyl (C=O) groups excluding carboxylic acids is 2. The molecule has 1 aromatic heterocycles. The highest BCUT2D eigenvalue weighted by Gasteiger charge is 2.42. The van der Waals surface area contributed by atoms with Crippen LogP contribution in [0, 0.1) is 0 Å². The number of imide groups is 1. The molecule has 0 N–H and O–H groups in total. The molecule has 0 unspecified atom stereocenters. The fourth-order valence-electron chi connectivity index (χ4n) is 2.65. The Bertz CT molecular complexity index is 980. The quantitative estimate of drug-likeness (QED) is 0.676. The summed E-state index contributed by atoms with van der Waals surface area (Å²) in [5, 5.41) is 8.37. The molecule has 1 aliphatic heterocycles. The van der Waals surface area contributed by atoms with E-state index >= 15 is 0 Å². The minimum atomic E-state index is -0.509. The molecule has 3 aromatic rings. The first-order valence-corrected chi connectivity index (χ1v) is 7.72. The zero-order valence-corrected chi connectivity index (χ0v) is 13.8. The van der Waals surface area contributed by atoms with E-state index < -0.39 is 11.8 Å². The molecule has 124 valence electrons. The SMILES string of the molecule is COc1ccc(N2C(=O)c3nnn(-c4ccc(Cl)cc4)c3C2=O)cc1. The van der Waals surface area contributed by atoms with Crippen molar-refractivity contribution in [3.05, 3.63) is 64.9 Å². The Morgan fingerprint density at radius 2 is 1.56 bits per heavy atom. The van der Waals surface area contributed by atoms with Crippen molar-refractivity contribution in [2.75, 3.05) is 12.0 Å². The number of anilines is 1. The maximum atomic E-state index is 12.8. The molecule has 1 aliphatic rings. The Kier molecular flexibility index (Phi) is 3.51. The summed E-state index contributed by atoms with van der Waals surface area (Å²) < 4.78 is 6.44. The average Bonchev–Trinajstić information content (AvgIpc) is 3.17. The molecule has 0 radical (unpaired) electrons. The third kappa shape index (κ3) is 2.36. The minimum absolute atomic E-state index is 0.0239. The zero-order chi connectivity index (χ0) is 17.6. The van der Waals surface area contributed by atoms with E-state index in [0.717, 1.165) is 4.90 Å². The van der Waals surface area contributed by atoms with Gasteiger partial charge in [0, 0.05) is 5.02 Å². The Balaban J connectivity index is 1.76. The smallest absolute Gasteiger partial charge is 0.288 e. The summed E-state index contributed by atoms with van der Waals surface area (Å²) in [6.07, 6.45) is 0. The van der Waals surface area contributed by atoms with Crippen LogP contribution in [-0.2, 0) is 0 Å². The number of methoxy groups -OCH3 is 1. The van der Waals surface area contributed by atoms with Gasteiger partial charge in [0.2, 0.25) is 0 Å². The Morgan fingerprint density at radius 3 is 2.20 bits per heavy atom. The normalized spacial score (nSPS) is 13.3. The lowest BCUT2D eigenvalue weighted by molar-refractivity contribution is 0.0920. The number of ether oxygens (including phenoxy) is 1. The predicted octanol–water partition coefficient (Wildman–Crippen LogP) is 2.73. The van der Waals surface area contributed by atoms with Crippen molar-refractivity contribution in [3.63, 3.8) is 0 Å². The van der Waals surface area contributed by atoms with Crippen molar-refractivity contribution in [1.29, 1.82) is 0 Å². The van der Waals surface area contributed by atoms with E-state index in [4.69, 9.17) is 16.3 Å². The largest absolute Gasteiger partial charge is 0.497 e. The summed E-state index contributed by atoms with van der Waals surface area (Å²) in [4.78, 5) is 26.5. The highest BCUT2D eigenvalue weighted by Crippen LogP contribution is 2.29. The highest BCUT2D eigenvalue weighted by molar-refractivity contribution is 6.33. The lowest BCUT2D eigenvalue weighted by Crippen LogP contribution is -2.31. The summed E-state index contributed by atoms with van der Waals surface area (Å²) in [5.41, 5.74) is 1.19. The number of hydrogen-bond acceptors (Lipinski definition) is 5. The van der Waals surface area contributed by atoms with Gasteiger partial charge in [0.1, 0.15) is 5.75 Å². The molecular formula is C17H11ClN4O3. The van der Waals surface area contributed by atoms with Crippen LogP contribution in [0.4, 0.5) is 5.69 Å². The molecule has 8 heteroatoms. The van der Waals surface area contributed by atoms with Gasteiger partial charge in [-0.1, -0.05) is 16.8 Å². The van der Waals surface area contributed by atoms with E-state index in [-0.39, 0.29) is 11.4 Å². The van der Waals surface area contributed by atoms with Crippen LogP contribution in [0.5, 0.6) is 5.75 Å². The number of aromatic nitrogens is 3. The summed E-state index contributed by atoms with van der Waals surface area (Å²) in [6, 6.07) is 13.4. The molecule has 0 fully saturated rings. The summed E-state index contributed by atoms with van der Waals surface area (Å²) in [5.74, 6) is -0.360. The third-order valence-electron chi connectivity index (χ3n) is 3.88. The van der Waals surface area contributed by atoms with Crippen LogP contribution < -0.4 is 9.64 Å². The molecule has 0 aliphatic carbocycles. The lowest BCUT2D eigenvalue weighted by Gasteiger charge is -2.14. The van der Waals surface area contributed by atoms with Crippen LogP contribution in [0.1, 0.15) is 21.0 Å². The van der Waals surface area contributed by atoms with Crippen molar-refractivity contribution < 1.29 is 14.3 Å². The Labute approximate surface area is 147 Å². The van der Waals surface area contributed by atoms with E-state index in [1.54, 1.807) is 55.6 Å². The van der Waals surface area contributed by atoms with Crippen molar-refractivity contribution in [3.8, 4) is 11.4 Å².